The minimum absolute atomic E-state index is 0.0655. The summed E-state index contributed by atoms with van der Waals surface area (Å²) in [6.45, 7) is 0.975. The SMILES string of the molecule is CCOC(=O)[C@](NC(=O)c1ccccc1Cl)(Nc1ccc(OC)cc1OC)C(F)(F)F. The molecule has 7 nitrogen and oxygen atoms in total. The van der Waals surface area contributed by atoms with Crippen molar-refractivity contribution in [3.63, 3.8) is 0 Å². The third-order valence-electron chi connectivity index (χ3n) is 4.16. The zero-order valence-corrected chi connectivity index (χ0v) is 17.6. The van der Waals surface area contributed by atoms with Crippen molar-refractivity contribution in [2.24, 2.45) is 0 Å². The molecule has 168 valence electrons. The molecule has 11 heteroatoms. The second-order valence-electron chi connectivity index (χ2n) is 6.09. The van der Waals surface area contributed by atoms with Gasteiger partial charge < -0.3 is 24.8 Å². The van der Waals surface area contributed by atoms with Crippen LogP contribution in [0.4, 0.5) is 18.9 Å². The minimum atomic E-state index is -5.32. The summed E-state index contributed by atoms with van der Waals surface area (Å²) in [5.41, 5.74) is -4.14. The lowest BCUT2D eigenvalue weighted by Crippen LogP contribution is -2.69. The number of methoxy groups -OCH3 is 2. The van der Waals surface area contributed by atoms with Crippen LogP contribution in [0.25, 0.3) is 0 Å². The van der Waals surface area contributed by atoms with Crippen molar-refractivity contribution in [3.8, 4) is 11.5 Å². The molecule has 31 heavy (non-hydrogen) atoms. The number of carbonyl (C=O) groups excluding carboxylic acids is 2. The number of esters is 1. The molecule has 0 bridgehead atoms. The van der Waals surface area contributed by atoms with Crippen LogP contribution in [0.3, 0.4) is 0 Å². The molecule has 2 N–H and O–H groups in total. The fourth-order valence-electron chi connectivity index (χ4n) is 2.62. The largest absolute Gasteiger partial charge is 0.497 e. The molecule has 0 spiro atoms. The molecule has 0 heterocycles. The first-order valence-corrected chi connectivity index (χ1v) is 9.28. The van der Waals surface area contributed by atoms with E-state index in [1.54, 1.807) is 5.32 Å². The molecule has 0 radical (unpaired) electrons. The number of nitrogens with one attached hydrogen (secondary N) is 2. The van der Waals surface area contributed by atoms with Crippen LogP contribution in [0.1, 0.15) is 17.3 Å². The summed E-state index contributed by atoms with van der Waals surface area (Å²) in [5.74, 6) is -2.77. The maximum absolute atomic E-state index is 14.3. The Labute approximate surface area is 181 Å². The molecule has 0 aliphatic carbocycles. The third-order valence-corrected chi connectivity index (χ3v) is 4.49. The molecule has 0 fully saturated rings. The average molecular weight is 461 g/mol. The van der Waals surface area contributed by atoms with Crippen LogP contribution in [0.5, 0.6) is 11.5 Å². The molecule has 2 aromatic rings. The highest BCUT2D eigenvalue weighted by Gasteiger charge is 2.64. The predicted octanol–water partition coefficient (Wildman–Crippen LogP) is 4.02. The van der Waals surface area contributed by atoms with Crippen LogP contribution in [0, 0.1) is 0 Å². The second-order valence-corrected chi connectivity index (χ2v) is 6.50. The van der Waals surface area contributed by atoms with E-state index in [2.05, 4.69) is 10.1 Å². The van der Waals surface area contributed by atoms with Crippen molar-refractivity contribution in [2.75, 3.05) is 26.1 Å². The first kappa shape index (κ1) is 24.1. The van der Waals surface area contributed by atoms with E-state index in [0.717, 1.165) is 0 Å². The van der Waals surface area contributed by atoms with E-state index >= 15 is 0 Å². The number of carbonyl (C=O) groups is 2. The van der Waals surface area contributed by atoms with Crippen molar-refractivity contribution < 1.29 is 37.0 Å². The summed E-state index contributed by atoms with van der Waals surface area (Å²) in [5, 5.41) is 3.68. The summed E-state index contributed by atoms with van der Waals surface area (Å²) >= 11 is 5.93. The molecule has 2 aromatic carbocycles. The number of rotatable bonds is 8. The van der Waals surface area contributed by atoms with Crippen LogP contribution in [0.15, 0.2) is 42.5 Å². The molecular weight excluding hydrogens is 441 g/mol. The Morgan fingerprint density at radius 2 is 1.74 bits per heavy atom. The molecule has 2 rings (SSSR count). The number of benzene rings is 2. The first-order valence-electron chi connectivity index (χ1n) is 8.90. The van der Waals surface area contributed by atoms with Gasteiger partial charge in [0, 0.05) is 6.07 Å². The zero-order valence-electron chi connectivity index (χ0n) is 16.8. The van der Waals surface area contributed by atoms with E-state index in [-0.39, 0.29) is 28.6 Å². The Balaban J connectivity index is 2.60. The summed E-state index contributed by atoms with van der Waals surface area (Å²) in [6, 6.07) is 9.34. The number of hydrogen-bond acceptors (Lipinski definition) is 6. The maximum Gasteiger partial charge on any atom is 0.441 e. The van der Waals surface area contributed by atoms with Gasteiger partial charge in [-0.1, -0.05) is 23.7 Å². The molecule has 1 amide bonds. The quantitative estimate of drug-likeness (QED) is 0.457. The Morgan fingerprint density at radius 3 is 2.29 bits per heavy atom. The van der Waals surface area contributed by atoms with Crippen molar-refractivity contribution in [1.82, 2.24) is 5.32 Å². The van der Waals surface area contributed by atoms with Crippen LogP contribution in [-0.4, -0.2) is 44.5 Å². The number of hydrogen-bond donors (Lipinski definition) is 2. The van der Waals surface area contributed by atoms with Crippen LogP contribution in [-0.2, 0) is 9.53 Å². The van der Waals surface area contributed by atoms with Gasteiger partial charge in [0.05, 0.1) is 37.1 Å². The molecule has 0 unspecified atom stereocenters. The molecular formula is C20H20ClF3N2O5. The van der Waals surface area contributed by atoms with Crippen molar-refractivity contribution >= 4 is 29.2 Å². The number of anilines is 1. The van der Waals surface area contributed by atoms with Gasteiger partial charge in [-0.3, -0.25) is 4.79 Å². The first-order chi connectivity index (χ1) is 14.6. The Bertz CT molecular complexity index is 955. The van der Waals surface area contributed by atoms with E-state index in [1.165, 1.54) is 63.6 Å². The molecule has 0 saturated heterocycles. The molecule has 0 aromatic heterocycles. The topological polar surface area (TPSA) is 85.9 Å². The number of halogens is 4. The highest BCUT2D eigenvalue weighted by Crippen LogP contribution is 2.37. The number of amides is 1. The van der Waals surface area contributed by atoms with Crippen LogP contribution < -0.4 is 20.1 Å². The van der Waals surface area contributed by atoms with Gasteiger partial charge in [-0.05, 0) is 31.2 Å². The standard InChI is InChI=1S/C20H20ClF3N2O5/c1-4-31-18(28)19(20(22,23)24,26-17(27)13-7-5-6-8-14(13)21)25-15-10-9-12(29-2)11-16(15)30-3/h5-11,25H,4H2,1-3H3,(H,26,27)/t19-/m1/s1. The molecule has 0 saturated carbocycles. The van der Waals surface area contributed by atoms with E-state index < -0.39 is 23.7 Å². The Morgan fingerprint density at radius 1 is 1.06 bits per heavy atom. The predicted molar refractivity (Wildman–Crippen MR) is 108 cm³/mol. The van der Waals surface area contributed by atoms with E-state index in [9.17, 15) is 22.8 Å². The molecule has 0 aliphatic rings. The third kappa shape index (κ3) is 5.13. The smallest absolute Gasteiger partial charge is 0.441 e. The lowest BCUT2D eigenvalue weighted by Gasteiger charge is -2.35. The van der Waals surface area contributed by atoms with Gasteiger partial charge in [-0.15, -0.1) is 0 Å². The van der Waals surface area contributed by atoms with Crippen LogP contribution >= 0.6 is 11.6 Å². The normalized spacial score (nSPS) is 13.0. The zero-order chi connectivity index (χ0) is 23.2. The Hall–Kier alpha value is -3.14. The minimum Gasteiger partial charge on any atom is -0.497 e. The van der Waals surface area contributed by atoms with Crippen molar-refractivity contribution in [2.45, 2.75) is 18.8 Å². The Kier molecular flexibility index (Phi) is 7.61. The summed E-state index contributed by atoms with van der Waals surface area (Å²) in [4.78, 5) is 25.3. The maximum atomic E-state index is 14.3. The van der Waals surface area contributed by atoms with Gasteiger partial charge in [-0.2, -0.15) is 13.2 Å². The van der Waals surface area contributed by atoms with Crippen LogP contribution in [0.2, 0.25) is 5.02 Å². The lowest BCUT2D eigenvalue weighted by atomic mass is 10.1. The van der Waals surface area contributed by atoms with E-state index in [4.69, 9.17) is 21.1 Å². The van der Waals surface area contributed by atoms with E-state index in [1.807, 2.05) is 0 Å². The summed E-state index contributed by atoms with van der Waals surface area (Å²) in [6.07, 6.45) is -5.32. The second kappa shape index (κ2) is 9.78. The van der Waals surface area contributed by atoms with Gasteiger partial charge in [0.15, 0.2) is 0 Å². The fourth-order valence-corrected chi connectivity index (χ4v) is 2.84. The number of alkyl halides is 3. The monoisotopic (exact) mass is 460 g/mol. The molecule has 0 aliphatic heterocycles. The van der Waals surface area contributed by atoms with Crippen molar-refractivity contribution in [1.29, 1.82) is 0 Å². The summed E-state index contributed by atoms with van der Waals surface area (Å²) < 4.78 is 57.7. The van der Waals surface area contributed by atoms with Gasteiger partial charge in [0.2, 0.25) is 0 Å². The molecule has 1 atom stereocenters. The highest BCUT2D eigenvalue weighted by atomic mass is 35.5. The highest BCUT2D eigenvalue weighted by molar-refractivity contribution is 6.33. The fraction of sp³-hybridized carbons (Fsp3) is 0.300. The lowest BCUT2D eigenvalue weighted by molar-refractivity contribution is -0.204. The van der Waals surface area contributed by atoms with Gasteiger partial charge in [0.1, 0.15) is 11.5 Å². The van der Waals surface area contributed by atoms with Crippen molar-refractivity contribution in [3.05, 3.63) is 53.1 Å². The summed E-state index contributed by atoms with van der Waals surface area (Å²) in [7, 11) is 2.59. The number of ether oxygens (including phenoxy) is 3. The van der Waals surface area contributed by atoms with E-state index in [0.29, 0.717) is 5.75 Å². The average Bonchev–Trinajstić information content (AvgIpc) is 2.72. The van der Waals surface area contributed by atoms with Gasteiger partial charge in [-0.25, -0.2) is 4.79 Å². The van der Waals surface area contributed by atoms with Gasteiger partial charge in [0.25, 0.3) is 5.91 Å². The van der Waals surface area contributed by atoms with Gasteiger partial charge >= 0.3 is 17.8 Å².